The zero-order valence-electron chi connectivity index (χ0n) is 19.6. The number of nitrogens with zero attached hydrogens (tertiary/aromatic N) is 3. The maximum absolute atomic E-state index is 15.6. The van der Waals surface area contributed by atoms with Crippen molar-refractivity contribution in [2.75, 3.05) is 32.5 Å². The number of hydrogen-bond donors (Lipinski definition) is 1. The summed E-state index contributed by atoms with van der Waals surface area (Å²) in [5.74, 6) is 0.669. The number of piperidine rings is 1. The SMILES string of the molecule is COc1ccc2ncc(Cl)c([C@@H](F)CCC3(C(=O)O)CCN(CCSc4ccncc4)CC3)c2c1. The van der Waals surface area contributed by atoms with Crippen LogP contribution in [0, 0.1) is 5.41 Å². The van der Waals surface area contributed by atoms with Gasteiger partial charge in [0, 0.05) is 46.7 Å². The number of carbonyl (C=O) groups is 1. The highest BCUT2D eigenvalue weighted by Crippen LogP contribution is 2.42. The van der Waals surface area contributed by atoms with Gasteiger partial charge in [-0.3, -0.25) is 14.8 Å². The highest BCUT2D eigenvalue weighted by molar-refractivity contribution is 7.99. The summed E-state index contributed by atoms with van der Waals surface area (Å²) in [4.78, 5) is 24.1. The minimum Gasteiger partial charge on any atom is -0.497 e. The topological polar surface area (TPSA) is 75.6 Å². The van der Waals surface area contributed by atoms with E-state index < -0.39 is 17.6 Å². The predicted molar refractivity (Wildman–Crippen MR) is 137 cm³/mol. The van der Waals surface area contributed by atoms with Crippen LogP contribution in [-0.2, 0) is 4.79 Å². The largest absolute Gasteiger partial charge is 0.497 e. The summed E-state index contributed by atoms with van der Waals surface area (Å²) < 4.78 is 20.9. The van der Waals surface area contributed by atoms with Gasteiger partial charge in [-0.05, 0) is 69.1 Å². The lowest BCUT2D eigenvalue weighted by Gasteiger charge is -2.39. The summed E-state index contributed by atoms with van der Waals surface area (Å²) in [5, 5.41) is 10.9. The molecule has 1 fully saturated rings. The average molecular weight is 518 g/mol. The first-order valence-corrected chi connectivity index (χ1v) is 13.0. The van der Waals surface area contributed by atoms with Gasteiger partial charge in [-0.15, -0.1) is 11.8 Å². The number of benzene rings is 1. The quantitative estimate of drug-likeness (QED) is 0.328. The van der Waals surface area contributed by atoms with E-state index in [1.54, 1.807) is 49.5 Å². The zero-order valence-corrected chi connectivity index (χ0v) is 21.2. The average Bonchev–Trinajstić information content (AvgIpc) is 2.88. The van der Waals surface area contributed by atoms with E-state index in [4.69, 9.17) is 16.3 Å². The van der Waals surface area contributed by atoms with Gasteiger partial charge in [0.05, 0.1) is 23.1 Å². The van der Waals surface area contributed by atoms with Gasteiger partial charge >= 0.3 is 5.97 Å². The Hall–Kier alpha value is -2.42. The molecule has 6 nitrogen and oxygen atoms in total. The van der Waals surface area contributed by atoms with Gasteiger partial charge in [0.25, 0.3) is 0 Å². The minimum absolute atomic E-state index is 0.0836. The predicted octanol–water partition coefficient (Wildman–Crippen LogP) is 6.04. The number of aliphatic carboxylic acids is 1. The Morgan fingerprint density at radius 1 is 1.29 bits per heavy atom. The van der Waals surface area contributed by atoms with Gasteiger partial charge in [0.15, 0.2) is 0 Å². The number of aromatic nitrogens is 2. The van der Waals surface area contributed by atoms with Crippen LogP contribution in [0.25, 0.3) is 10.9 Å². The Labute approximate surface area is 213 Å². The van der Waals surface area contributed by atoms with E-state index in [0.717, 1.165) is 12.3 Å². The summed E-state index contributed by atoms with van der Waals surface area (Å²) in [6, 6.07) is 9.23. The molecule has 1 saturated heterocycles. The molecule has 0 saturated carbocycles. The van der Waals surface area contributed by atoms with Crippen LogP contribution in [0.5, 0.6) is 5.75 Å². The third kappa shape index (κ3) is 6.05. The number of methoxy groups -OCH3 is 1. The molecule has 0 spiro atoms. The molecule has 0 unspecified atom stereocenters. The number of rotatable bonds is 10. The third-order valence-corrected chi connectivity index (χ3v) is 8.14. The van der Waals surface area contributed by atoms with E-state index in [9.17, 15) is 9.90 Å². The highest BCUT2D eigenvalue weighted by atomic mass is 35.5. The second-order valence-electron chi connectivity index (χ2n) is 8.87. The Morgan fingerprint density at radius 3 is 2.71 bits per heavy atom. The number of ether oxygens (including phenoxy) is 1. The molecule has 3 heterocycles. The van der Waals surface area contributed by atoms with Gasteiger partial charge in [-0.2, -0.15) is 0 Å². The molecule has 1 aliphatic rings. The van der Waals surface area contributed by atoms with E-state index >= 15 is 4.39 Å². The Morgan fingerprint density at radius 2 is 2.03 bits per heavy atom. The van der Waals surface area contributed by atoms with Crippen LogP contribution in [0.3, 0.4) is 0 Å². The fraction of sp³-hybridized carbons (Fsp3) is 0.423. The van der Waals surface area contributed by atoms with E-state index in [-0.39, 0.29) is 17.9 Å². The number of alkyl halides is 1. The zero-order chi connectivity index (χ0) is 24.8. The van der Waals surface area contributed by atoms with Gasteiger partial charge in [0.2, 0.25) is 0 Å². The number of fused-ring (bicyclic) bond motifs is 1. The number of hydrogen-bond acceptors (Lipinski definition) is 6. The summed E-state index contributed by atoms with van der Waals surface area (Å²) >= 11 is 8.12. The molecular formula is C26H29ClFN3O3S. The molecule has 1 atom stereocenters. The van der Waals surface area contributed by atoms with Gasteiger partial charge in [-0.25, -0.2) is 4.39 Å². The lowest BCUT2D eigenvalue weighted by molar-refractivity contribution is -0.153. The first-order valence-electron chi connectivity index (χ1n) is 11.7. The lowest BCUT2D eigenvalue weighted by Crippen LogP contribution is -2.45. The molecule has 0 bridgehead atoms. The Balaban J connectivity index is 1.38. The van der Waals surface area contributed by atoms with Crippen molar-refractivity contribution in [3.63, 3.8) is 0 Å². The Bertz CT molecular complexity index is 1160. The van der Waals surface area contributed by atoms with Crippen LogP contribution in [0.2, 0.25) is 5.02 Å². The summed E-state index contributed by atoms with van der Waals surface area (Å²) in [6.07, 6.45) is 4.97. The second-order valence-corrected chi connectivity index (χ2v) is 10.4. The number of thioether (sulfide) groups is 1. The van der Waals surface area contributed by atoms with Crippen molar-refractivity contribution in [1.82, 2.24) is 14.9 Å². The number of halogens is 2. The van der Waals surface area contributed by atoms with E-state index in [1.807, 2.05) is 12.1 Å². The van der Waals surface area contributed by atoms with Crippen LogP contribution in [-0.4, -0.2) is 58.4 Å². The maximum Gasteiger partial charge on any atom is 0.309 e. The van der Waals surface area contributed by atoms with Crippen LogP contribution >= 0.6 is 23.4 Å². The van der Waals surface area contributed by atoms with Crippen LogP contribution in [0.4, 0.5) is 4.39 Å². The molecule has 9 heteroatoms. The van der Waals surface area contributed by atoms with Gasteiger partial charge < -0.3 is 14.7 Å². The number of carboxylic acid groups (broad SMARTS) is 1. The number of pyridine rings is 2. The summed E-state index contributed by atoms with van der Waals surface area (Å²) in [5.41, 5.74) is 0.0481. The molecule has 0 amide bonds. The standard InChI is InChI=1S/C26H29ClFN3O3S/c1-34-18-2-3-23-20(16-18)24(21(27)17-30-23)22(28)4-7-26(25(32)33)8-12-31(13-9-26)14-15-35-19-5-10-29-11-6-19/h2-3,5-6,10-11,16-17,22H,4,7-9,12-15H2,1H3,(H,32,33)/t22-/m0/s1. The second kappa shape index (κ2) is 11.5. The molecule has 1 aromatic carbocycles. The first-order chi connectivity index (χ1) is 16.9. The van der Waals surface area contributed by atoms with Crippen molar-refractivity contribution in [2.24, 2.45) is 5.41 Å². The fourth-order valence-corrected chi connectivity index (χ4v) is 5.83. The molecule has 0 radical (unpaired) electrons. The van der Waals surface area contributed by atoms with Crippen molar-refractivity contribution in [1.29, 1.82) is 0 Å². The van der Waals surface area contributed by atoms with Crippen molar-refractivity contribution < 1.29 is 19.0 Å². The van der Waals surface area contributed by atoms with Gasteiger partial charge in [-0.1, -0.05) is 11.6 Å². The molecule has 186 valence electrons. The third-order valence-electron chi connectivity index (χ3n) is 6.85. The van der Waals surface area contributed by atoms with Crippen LogP contribution in [0.1, 0.15) is 37.4 Å². The number of carboxylic acids is 1. The molecule has 1 aliphatic heterocycles. The molecular weight excluding hydrogens is 489 g/mol. The molecule has 35 heavy (non-hydrogen) atoms. The van der Waals surface area contributed by atoms with E-state index in [1.165, 1.54) is 11.1 Å². The smallest absolute Gasteiger partial charge is 0.309 e. The molecule has 0 aliphatic carbocycles. The highest BCUT2D eigenvalue weighted by Gasteiger charge is 2.41. The molecule has 1 N–H and O–H groups in total. The maximum atomic E-state index is 15.6. The van der Waals surface area contributed by atoms with Gasteiger partial charge in [0.1, 0.15) is 11.9 Å². The van der Waals surface area contributed by atoms with Crippen LogP contribution in [0.15, 0.2) is 53.8 Å². The monoisotopic (exact) mass is 517 g/mol. The fourth-order valence-electron chi connectivity index (χ4n) is 4.66. The minimum atomic E-state index is -1.40. The Kier molecular flexibility index (Phi) is 8.46. The molecule has 3 aromatic rings. The molecule has 4 rings (SSSR count). The van der Waals surface area contributed by atoms with Crippen molar-refractivity contribution in [3.8, 4) is 5.75 Å². The van der Waals surface area contributed by atoms with Crippen molar-refractivity contribution in [3.05, 3.63) is 59.5 Å². The van der Waals surface area contributed by atoms with E-state index in [0.29, 0.717) is 48.1 Å². The summed E-state index contributed by atoms with van der Waals surface area (Å²) in [6.45, 7) is 2.27. The van der Waals surface area contributed by atoms with Crippen molar-refractivity contribution in [2.45, 2.75) is 36.8 Å². The summed E-state index contributed by atoms with van der Waals surface area (Å²) in [7, 11) is 1.55. The lowest BCUT2D eigenvalue weighted by atomic mass is 9.74. The first kappa shape index (κ1) is 25.7. The van der Waals surface area contributed by atoms with E-state index in [2.05, 4.69) is 14.9 Å². The molecule has 2 aromatic heterocycles. The van der Waals surface area contributed by atoms with Crippen LogP contribution < -0.4 is 4.74 Å². The number of likely N-dealkylation sites (tertiary alicyclic amines) is 1. The van der Waals surface area contributed by atoms with Crippen molar-refractivity contribution >= 4 is 40.2 Å². The normalized spacial score (nSPS) is 16.8.